The van der Waals surface area contributed by atoms with Crippen molar-refractivity contribution in [3.63, 3.8) is 0 Å². The molecule has 15 aromatic rings. The Hall–Kier alpha value is -11.3. The first kappa shape index (κ1) is 51.8. The number of para-hydroxylation sites is 1. The highest BCUT2D eigenvalue weighted by atomic mass is 16.3. The molecule has 0 saturated carbocycles. The first-order valence-electron chi connectivity index (χ1n) is 31.1. The second-order valence-electron chi connectivity index (χ2n) is 25.2. The van der Waals surface area contributed by atoms with Crippen LogP contribution < -0.4 is 9.80 Å². The van der Waals surface area contributed by atoms with Gasteiger partial charge in [0.1, 0.15) is 29.8 Å². The van der Waals surface area contributed by atoms with Crippen LogP contribution in [0.3, 0.4) is 0 Å². The summed E-state index contributed by atoms with van der Waals surface area (Å²) in [5.74, 6) is 0. The lowest BCUT2D eigenvalue weighted by molar-refractivity contribution is 0.588. The Bertz CT molecular complexity index is 5680. The lowest BCUT2D eigenvalue weighted by atomic mass is 9.82. The topological polar surface area (TPSA) is 57.5 Å². The van der Waals surface area contributed by atoms with Crippen molar-refractivity contribution in [1.29, 1.82) is 0 Å². The fourth-order valence-electron chi connectivity index (χ4n) is 14.8. The van der Waals surface area contributed by atoms with Crippen molar-refractivity contribution in [1.82, 2.24) is 0 Å². The maximum absolute atomic E-state index is 7.74. The van der Waals surface area contributed by atoms with Gasteiger partial charge in [-0.25, -0.2) is 4.99 Å². The molecule has 1 atom stereocenters. The molecule has 3 aliphatic rings. The standard InChI is InChI=1S/C84H58N4O2/c1-84(2,3)60-39-40-63-73(45-60)89-83-76(63)66(58-31-17-30-54(41-58)51-21-7-4-8-22-51)46-69-79(83)80-77-64-35-20-38-72(82(64)90-74(77)47-67(52-23-9-5-10-24-52)78(80)75(53-25-11-6-12-26-53)81(69)87-49-85-48-86-50-87)88-70-36-16-15-29-59(70)44-68-62(34-19-37-71(68)88)61-33-18-32-57-42-55-27-13-14-28-56(55)43-65(57)61/h4-49,70H,50H2,1-3H3. The number of rotatable bonds is 7. The predicted molar refractivity (Wildman–Crippen MR) is 380 cm³/mol. The average molecular weight is 1160 g/mol. The molecule has 0 saturated heterocycles. The highest BCUT2D eigenvalue weighted by Crippen LogP contribution is 2.57. The van der Waals surface area contributed by atoms with Gasteiger partial charge in [0.25, 0.3) is 0 Å². The van der Waals surface area contributed by atoms with Crippen LogP contribution in [0, 0.1) is 0 Å². The highest BCUT2D eigenvalue weighted by molar-refractivity contribution is 6.41. The minimum atomic E-state index is -0.132. The zero-order valence-electron chi connectivity index (χ0n) is 49.9. The van der Waals surface area contributed by atoms with E-state index in [0.717, 1.165) is 133 Å². The number of benzene rings is 13. The molecule has 2 aliphatic heterocycles. The molecule has 0 N–H and O–H groups in total. The van der Waals surface area contributed by atoms with Gasteiger partial charge in [-0.2, -0.15) is 0 Å². The van der Waals surface area contributed by atoms with Crippen LogP contribution in [-0.2, 0) is 5.41 Å². The molecule has 4 heterocycles. The van der Waals surface area contributed by atoms with E-state index < -0.39 is 0 Å². The number of aliphatic imine (C=N–C) groups is 2. The first-order chi connectivity index (χ1) is 44.3. The molecule has 18 rings (SSSR count). The molecular weight excluding hydrogens is 1100 g/mol. The minimum absolute atomic E-state index is 0.112. The van der Waals surface area contributed by atoms with Gasteiger partial charge >= 0.3 is 0 Å². The lowest BCUT2D eigenvalue weighted by Crippen LogP contribution is -2.34. The van der Waals surface area contributed by atoms with E-state index in [2.05, 4.69) is 298 Å². The molecule has 6 heteroatoms. The number of fused-ring (bicyclic) bond motifs is 15. The summed E-state index contributed by atoms with van der Waals surface area (Å²) in [4.78, 5) is 14.4. The molecule has 0 fully saturated rings. The molecule has 0 spiro atoms. The normalized spacial score (nSPS) is 14.7. The summed E-state index contributed by atoms with van der Waals surface area (Å²) in [6, 6.07) is 86.5. The van der Waals surface area contributed by atoms with E-state index in [0.29, 0.717) is 6.67 Å². The number of hydrogen-bond acceptors (Lipinski definition) is 6. The van der Waals surface area contributed by atoms with E-state index in [-0.39, 0.29) is 11.5 Å². The van der Waals surface area contributed by atoms with E-state index >= 15 is 0 Å². The quantitative estimate of drug-likeness (QED) is 0.118. The SMILES string of the molecule is CC(C)(C)c1ccc2c(c1)oc1c2c(-c2cccc(-c3ccccc3)c2)cc2c(N3C=NC=NC3)c(-c3ccccc3)c3c(-c4ccccc4)cc4oc5c(N6c7cccc(-c8cccc9cc%10ccccc%10cc89)c7C=C7C=CC=CC76)cccc5c4c3c21. The van der Waals surface area contributed by atoms with Crippen LogP contribution >= 0.6 is 0 Å². The van der Waals surface area contributed by atoms with Crippen molar-refractivity contribution in [2.45, 2.75) is 32.2 Å². The molecular formula is C84H58N4O2. The summed E-state index contributed by atoms with van der Waals surface area (Å²) in [5.41, 5.74) is 20.8. The van der Waals surface area contributed by atoms with Crippen molar-refractivity contribution in [2.24, 2.45) is 9.98 Å². The maximum atomic E-state index is 7.74. The number of allylic oxidation sites excluding steroid dienone is 2. The van der Waals surface area contributed by atoms with Crippen molar-refractivity contribution in [2.75, 3.05) is 16.5 Å². The Morgan fingerprint density at radius 3 is 1.92 bits per heavy atom. The molecule has 13 aromatic carbocycles. The van der Waals surface area contributed by atoms with E-state index in [4.69, 9.17) is 18.8 Å². The molecule has 0 radical (unpaired) electrons. The largest absolute Gasteiger partial charge is 0.455 e. The van der Waals surface area contributed by atoms with Gasteiger partial charge in [-0.3, -0.25) is 4.99 Å². The smallest absolute Gasteiger partial charge is 0.159 e. The predicted octanol–water partition coefficient (Wildman–Crippen LogP) is 22.6. The van der Waals surface area contributed by atoms with E-state index in [1.165, 1.54) is 43.8 Å². The molecule has 90 heavy (non-hydrogen) atoms. The van der Waals surface area contributed by atoms with Crippen LogP contribution in [-0.4, -0.2) is 25.4 Å². The second-order valence-corrected chi connectivity index (χ2v) is 25.2. The Morgan fingerprint density at radius 1 is 0.444 bits per heavy atom. The fraction of sp³-hybridized carbons (Fsp3) is 0.0714. The van der Waals surface area contributed by atoms with Crippen LogP contribution in [0.2, 0.25) is 0 Å². The Morgan fingerprint density at radius 2 is 1.12 bits per heavy atom. The van der Waals surface area contributed by atoms with Crippen molar-refractivity contribution >= 4 is 123 Å². The third-order valence-electron chi connectivity index (χ3n) is 18.9. The first-order valence-corrected chi connectivity index (χ1v) is 31.1. The molecule has 6 nitrogen and oxygen atoms in total. The Labute approximate surface area is 520 Å². The van der Waals surface area contributed by atoms with Gasteiger partial charge in [-0.05, 0) is 143 Å². The van der Waals surface area contributed by atoms with Crippen LogP contribution in [0.25, 0.3) is 149 Å². The van der Waals surface area contributed by atoms with Gasteiger partial charge in [0, 0.05) is 59.9 Å². The second kappa shape index (κ2) is 20.1. The van der Waals surface area contributed by atoms with Gasteiger partial charge in [-0.15, -0.1) is 0 Å². The third kappa shape index (κ3) is 8.04. The van der Waals surface area contributed by atoms with Gasteiger partial charge in [0.05, 0.1) is 23.8 Å². The summed E-state index contributed by atoms with van der Waals surface area (Å²) in [6.45, 7) is 7.18. The summed E-state index contributed by atoms with van der Waals surface area (Å²) in [7, 11) is 0. The summed E-state index contributed by atoms with van der Waals surface area (Å²) < 4.78 is 15.5. The van der Waals surface area contributed by atoms with Crippen molar-refractivity contribution < 1.29 is 8.83 Å². The van der Waals surface area contributed by atoms with Crippen LogP contribution in [0.4, 0.5) is 17.1 Å². The summed E-state index contributed by atoms with van der Waals surface area (Å²) in [6.07, 6.45) is 14.9. The van der Waals surface area contributed by atoms with Crippen molar-refractivity contribution in [3.05, 3.63) is 278 Å². The maximum Gasteiger partial charge on any atom is 0.159 e. The molecule has 0 amide bonds. The number of furan rings is 2. The van der Waals surface area contributed by atoms with Gasteiger partial charge in [0.2, 0.25) is 0 Å². The number of nitrogens with zero attached hydrogens (tertiary/aromatic N) is 4. The van der Waals surface area contributed by atoms with Crippen LogP contribution in [0.15, 0.2) is 285 Å². The summed E-state index contributed by atoms with van der Waals surface area (Å²) in [5, 5.41) is 13.2. The zero-order chi connectivity index (χ0) is 59.8. The molecule has 426 valence electrons. The fourth-order valence-corrected chi connectivity index (χ4v) is 14.8. The highest BCUT2D eigenvalue weighted by Gasteiger charge is 2.35. The summed E-state index contributed by atoms with van der Waals surface area (Å²) >= 11 is 0. The number of hydrogen-bond donors (Lipinski definition) is 0. The average Bonchev–Trinajstić information content (AvgIpc) is 1.35. The Kier molecular flexibility index (Phi) is 11.6. The Balaban J connectivity index is 0.998. The number of anilines is 3. The van der Waals surface area contributed by atoms with Gasteiger partial charge in [-0.1, -0.05) is 233 Å². The molecule has 2 aromatic heterocycles. The molecule has 0 bridgehead atoms. The molecule has 1 unspecified atom stereocenters. The van der Waals surface area contributed by atoms with Crippen molar-refractivity contribution in [3.8, 4) is 55.6 Å². The molecule has 1 aliphatic carbocycles. The zero-order valence-corrected chi connectivity index (χ0v) is 49.9. The minimum Gasteiger partial charge on any atom is -0.455 e. The van der Waals surface area contributed by atoms with Gasteiger partial charge < -0.3 is 18.6 Å². The third-order valence-corrected chi connectivity index (χ3v) is 18.9. The van der Waals surface area contributed by atoms with E-state index in [1.807, 2.05) is 6.34 Å². The van der Waals surface area contributed by atoms with E-state index in [1.54, 1.807) is 6.34 Å². The van der Waals surface area contributed by atoms with Gasteiger partial charge in [0.15, 0.2) is 5.58 Å². The van der Waals surface area contributed by atoms with E-state index in [9.17, 15) is 0 Å². The lowest BCUT2D eigenvalue weighted by Gasteiger charge is -2.38. The van der Waals surface area contributed by atoms with Crippen LogP contribution in [0.1, 0.15) is 31.9 Å². The van der Waals surface area contributed by atoms with Crippen LogP contribution in [0.5, 0.6) is 0 Å². The monoisotopic (exact) mass is 1150 g/mol.